The Kier molecular flexibility index (Phi) is 2.61. The van der Waals surface area contributed by atoms with Gasteiger partial charge in [0.15, 0.2) is 5.76 Å². The number of benzene rings is 1. The highest BCUT2D eigenvalue weighted by Gasteiger charge is 2.15. The molecular formula is C14H11NO4. The predicted octanol–water partition coefficient (Wildman–Crippen LogP) is 1.99. The average Bonchev–Trinajstić information content (AvgIpc) is 2.85. The lowest BCUT2D eigenvalue weighted by atomic mass is 10.2. The second-order valence-corrected chi connectivity index (χ2v) is 4.18. The number of aliphatic hydroxyl groups excluding tert-OH is 1. The molecule has 0 atom stereocenters. The molecule has 0 aliphatic carbocycles. The third-order valence-electron chi connectivity index (χ3n) is 2.90. The van der Waals surface area contributed by atoms with Gasteiger partial charge in [-0.25, -0.2) is 0 Å². The molecule has 3 rings (SSSR count). The summed E-state index contributed by atoms with van der Waals surface area (Å²) in [5.74, 6) is -0.326. The normalized spacial score (nSPS) is 11.0. The first-order valence-corrected chi connectivity index (χ1v) is 5.74. The maximum Gasteiger partial charge on any atom is 0.227 e. The molecule has 0 unspecified atom stereocenters. The molecule has 0 saturated carbocycles. The molecule has 2 aromatic heterocycles. The van der Waals surface area contributed by atoms with Gasteiger partial charge in [-0.15, -0.1) is 0 Å². The van der Waals surface area contributed by atoms with Crippen molar-refractivity contribution in [2.45, 2.75) is 6.61 Å². The summed E-state index contributed by atoms with van der Waals surface area (Å²) in [6, 6.07) is 10.4. The Balaban J connectivity index is 2.26. The van der Waals surface area contributed by atoms with E-state index in [0.29, 0.717) is 5.69 Å². The standard InChI is InChI=1S/C14H11NO4/c16-7-9-6-12(17)13(18)14(19-9)11-5-8-3-1-2-4-10(8)15-11/h1-6,15-16,18H,7H2. The van der Waals surface area contributed by atoms with Crippen LogP contribution in [-0.4, -0.2) is 15.2 Å². The molecule has 0 saturated heterocycles. The first-order chi connectivity index (χ1) is 9.19. The van der Waals surface area contributed by atoms with Crippen molar-refractivity contribution in [3.8, 4) is 17.2 Å². The molecule has 2 heterocycles. The zero-order valence-electron chi connectivity index (χ0n) is 9.88. The van der Waals surface area contributed by atoms with Crippen LogP contribution in [0.2, 0.25) is 0 Å². The molecule has 1 aromatic carbocycles. The van der Waals surface area contributed by atoms with Gasteiger partial charge in [0.05, 0.1) is 5.69 Å². The minimum atomic E-state index is -0.580. The van der Waals surface area contributed by atoms with Crippen molar-refractivity contribution < 1.29 is 14.6 Å². The van der Waals surface area contributed by atoms with E-state index >= 15 is 0 Å². The van der Waals surface area contributed by atoms with Crippen LogP contribution in [0.25, 0.3) is 22.4 Å². The van der Waals surface area contributed by atoms with Crippen LogP contribution < -0.4 is 5.43 Å². The van der Waals surface area contributed by atoms with Gasteiger partial charge in [-0.2, -0.15) is 0 Å². The van der Waals surface area contributed by atoms with Crippen molar-refractivity contribution in [3.05, 3.63) is 52.4 Å². The van der Waals surface area contributed by atoms with Gasteiger partial charge >= 0.3 is 0 Å². The smallest absolute Gasteiger partial charge is 0.227 e. The van der Waals surface area contributed by atoms with Crippen molar-refractivity contribution in [3.63, 3.8) is 0 Å². The van der Waals surface area contributed by atoms with E-state index in [9.17, 15) is 9.90 Å². The average molecular weight is 257 g/mol. The summed E-state index contributed by atoms with van der Waals surface area (Å²) in [7, 11) is 0. The van der Waals surface area contributed by atoms with Gasteiger partial charge in [0, 0.05) is 17.0 Å². The molecule has 0 aliphatic heterocycles. The minimum Gasteiger partial charge on any atom is -0.501 e. The first kappa shape index (κ1) is 11.6. The van der Waals surface area contributed by atoms with E-state index in [-0.39, 0.29) is 11.5 Å². The van der Waals surface area contributed by atoms with Crippen molar-refractivity contribution in [2.75, 3.05) is 0 Å². The maximum atomic E-state index is 11.6. The molecule has 3 N–H and O–H groups in total. The van der Waals surface area contributed by atoms with E-state index in [2.05, 4.69) is 4.98 Å². The van der Waals surface area contributed by atoms with Gasteiger partial charge in [-0.05, 0) is 12.1 Å². The SMILES string of the molecule is O=c1cc(CO)oc(-c2cc3ccccc3[nH]2)c1O. The highest BCUT2D eigenvalue weighted by molar-refractivity contribution is 5.85. The van der Waals surface area contributed by atoms with Crippen LogP contribution in [0.15, 0.2) is 45.6 Å². The highest BCUT2D eigenvalue weighted by Crippen LogP contribution is 2.29. The Morgan fingerprint density at radius 2 is 2.00 bits per heavy atom. The van der Waals surface area contributed by atoms with Gasteiger partial charge in [0.1, 0.15) is 12.4 Å². The number of aromatic amines is 1. The number of aliphatic hydroxyl groups is 1. The fourth-order valence-electron chi connectivity index (χ4n) is 1.99. The number of nitrogens with one attached hydrogen (secondary N) is 1. The number of para-hydroxylation sites is 1. The fraction of sp³-hybridized carbons (Fsp3) is 0.0714. The third-order valence-corrected chi connectivity index (χ3v) is 2.90. The molecule has 0 radical (unpaired) electrons. The van der Waals surface area contributed by atoms with Gasteiger partial charge < -0.3 is 19.6 Å². The topological polar surface area (TPSA) is 86.5 Å². The molecule has 96 valence electrons. The van der Waals surface area contributed by atoms with E-state index in [4.69, 9.17) is 9.52 Å². The summed E-state index contributed by atoms with van der Waals surface area (Å²) in [6.45, 7) is -0.400. The van der Waals surface area contributed by atoms with Crippen molar-refractivity contribution >= 4 is 10.9 Å². The molecule has 0 amide bonds. The summed E-state index contributed by atoms with van der Waals surface area (Å²) in [5.41, 5.74) is 0.781. The van der Waals surface area contributed by atoms with Crippen LogP contribution >= 0.6 is 0 Å². The zero-order chi connectivity index (χ0) is 13.4. The number of aromatic nitrogens is 1. The van der Waals surface area contributed by atoms with Crippen molar-refractivity contribution in [1.82, 2.24) is 4.98 Å². The van der Waals surface area contributed by atoms with E-state index < -0.39 is 17.8 Å². The van der Waals surface area contributed by atoms with E-state index in [1.807, 2.05) is 24.3 Å². The molecule has 3 aromatic rings. The van der Waals surface area contributed by atoms with Gasteiger partial charge in [-0.3, -0.25) is 4.79 Å². The lowest BCUT2D eigenvalue weighted by Crippen LogP contribution is -2.02. The molecule has 0 bridgehead atoms. The van der Waals surface area contributed by atoms with Crippen LogP contribution in [0.3, 0.4) is 0 Å². The minimum absolute atomic E-state index is 0.0350. The van der Waals surface area contributed by atoms with Crippen LogP contribution in [0, 0.1) is 0 Å². The molecule has 5 nitrogen and oxygen atoms in total. The summed E-state index contributed by atoms with van der Waals surface area (Å²) >= 11 is 0. The molecular weight excluding hydrogens is 246 g/mol. The summed E-state index contributed by atoms with van der Waals surface area (Å²) < 4.78 is 5.32. The first-order valence-electron chi connectivity index (χ1n) is 5.74. The van der Waals surface area contributed by atoms with E-state index in [1.165, 1.54) is 0 Å². The van der Waals surface area contributed by atoms with Crippen LogP contribution in [0.5, 0.6) is 5.75 Å². The van der Waals surface area contributed by atoms with Gasteiger partial charge in [-0.1, -0.05) is 18.2 Å². The van der Waals surface area contributed by atoms with Gasteiger partial charge in [0.25, 0.3) is 0 Å². The summed E-state index contributed by atoms with van der Waals surface area (Å²) in [6.07, 6.45) is 0. The maximum absolute atomic E-state index is 11.6. The molecule has 19 heavy (non-hydrogen) atoms. The van der Waals surface area contributed by atoms with Crippen molar-refractivity contribution in [2.24, 2.45) is 0 Å². The van der Waals surface area contributed by atoms with E-state index in [0.717, 1.165) is 17.0 Å². The Bertz CT molecular complexity index is 768. The Morgan fingerprint density at radius 3 is 2.74 bits per heavy atom. The van der Waals surface area contributed by atoms with Crippen LogP contribution in [0.1, 0.15) is 5.76 Å². The van der Waals surface area contributed by atoms with Crippen molar-refractivity contribution in [1.29, 1.82) is 0 Å². The third kappa shape index (κ3) is 1.90. The quantitative estimate of drug-likeness (QED) is 0.655. The van der Waals surface area contributed by atoms with E-state index in [1.54, 1.807) is 6.07 Å². The summed E-state index contributed by atoms with van der Waals surface area (Å²) in [4.78, 5) is 14.6. The Labute approximate surface area is 107 Å². The second kappa shape index (κ2) is 4.29. The number of H-pyrrole nitrogens is 1. The number of rotatable bonds is 2. The number of fused-ring (bicyclic) bond motifs is 1. The lowest BCUT2D eigenvalue weighted by molar-refractivity contribution is 0.243. The monoisotopic (exact) mass is 257 g/mol. The highest BCUT2D eigenvalue weighted by atomic mass is 16.4. The largest absolute Gasteiger partial charge is 0.501 e. The molecule has 0 fully saturated rings. The fourth-order valence-corrected chi connectivity index (χ4v) is 1.99. The zero-order valence-corrected chi connectivity index (χ0v) is 9.88. The molecule has 0 aliphatic rings. The molecule has 5 heteroatoms. The Hall–Kier alpha value is -2.53. The van der Waals surface area contributed by atoms with Gasteiger partial charge in [0.2, 0.25) is 11.2 Å². The second-order valence-electron chi connectivity index (χ2n) is 4.18. The number of hydrogen-bond acceptors (Lipinski definition) is 4. The summed E-state index contributed by atoms with van der Waals surface area (Å²) in [5, 5.41) is 19.8. The Morgan fingerprint density at radius 1 is 1.21 bits per heavy atom. The van der Waals surface area contributed by atoms with Crippen LogP contribution in [-0.2, 0) is 6.61 Å². The lowest BCUT2D eigenvalue weighted by Gasteiger charge is -2.03. The number of hydrogen-bond donors (Lipinski definition) is 3. The molecule has 0 spiro atoms. The van der Waals surface area contributed by atoms with Crippen LogP contribution in [0.4, 0.5) is 0 Å². The predicted molar refractivity (Wildman–Crippen MR) is 69.9 cm³/mol. The number of aromatic hydroxyl groups is 1.